The zero-order chi connectivity index (χ0) is 12.3. The SMILES string of the molecule is CCCc1c(N)ncnc1Sc1ncnn1C. The average Bonchev–Trinajstić information content (AvgIpc) is 2.70. The summed E-state index contributed by atoms with van der Waals surface area (Å²) in [7, 11) is 1.85. The van der Waals surface area contributed by atoms with E-state index in [1.165, 1.54) is 24.4 Å². The largest absolute Gasteiger partial charge is 0.383 e. The predicted octanol–water partition coefficient (Wildman–Crippen LogP) is 1.29. The Labute approximate surface area is 104 Å². The molecule has 2 N–H and O–H groups in total. The molecule has 0 fully saturated rings. The molecule has 0 amide bonds. The van der Waals surface area contributed by atoms with E-state index < -0.39 is 0 Å². The summed E-state index contributed by atoms with van der Waals surface area (Å²) in [5.74, 6) is 0.548. The van der Waals surface area contributed by atoms with Crippen molar-refractivity contribution < 1.29 is 0 Å². The second-order valence-corrected chi connectivity index (χ2v) is 4.52. The highest BCUT2D eigenvalue weighted by atomic mass is 32.2. The van der Waals surface area contributed by atoms with Gasteiger partial charge in [-0.15, -0.1) is 0 Å². The minimum atomic E-state index is 0.548. The summed E-state index contributed by atoms with van der Waals surface area (Å²) in [5.41, 5.74) is 6.86. The van der Waals surface area contributed by atoms with Crippen molar-refractivity contribution in [1.29, 1.82) is 0 Å². The fourth-order valence-electron chi connectivity index (χ4n) is 1.45. The molecule has 7 heteroatoms. The maximum Gasteiger partial charge on any atom is 0.192 e. The van der Waals surface area contributed by atoms with Crippen molar-refractivity contribution in [2.24, 2.45) is 7.05 Å². The first-order valence-electron chi connectivity index (χ1n) is 5.33. The van der Waals surface area contributed by atoms with Crippen molar-refractivity contribution in [3.63, 3.8) is 0 Å². The molecule has 2 rings (SSSR count). The number of hydrogen-bond donors (Lipinski definition) is 1. The molecule has 0 saturated carbocycles. The van der Waals surface area contributed by atoms with Crippen molar-refractivity contribution in [2.45, 2.75) is 29.9 Å². The zero-order valence-electron chi connectivity index (χ0n) is 9.79. The van der Waals surface area contributed by atoms with Gasteiger partial charge in [0.2, 0.25) is 0 Å². The third kappa shape index (κ3) is 2.55. The third-order valence-electron chi connectivity index (χ3n) is 2.30. The highest BCUT2D eigenvalue weighted by molar-refractivity contribution is 7.99. The first kappa shape index (κ1) is 11.8. The van der Waals surface area contributed by atoms with E-state index in [4.69, 9.17) is 5.73 Å². The van der Waals surface area contributed by atoms with E-state index in [0.717, 1.165) is 28.6 Å². The molecule has 0 aliphatic heterocycles. The molecule has 17 heavy (non-hydrogen) atoms. The number of aromatic nitrogens is 5. The van der Waals surface area contributed by atoms with Gasteiger partial charge in [-0.05, 0) is 18.2 Å². The maximum absolute atomic E-state index is 5.87. The number of hydrogen-bond acceptors (Lipinski definition) is 6. The smallest absolute Gasteiger partial charge is 0.192 e. The van der Waals surface area contributed by atoms with Gasteiger partial charge >= 0.3 is 0 Å². The summed E-state index contributed by atoms with van der Waals surface area (Å²) in [4.78, 5) is 12.4. The molecule has 0 saturated heterocycles. The van der Waals surface area contributed by atoms with Crippen LogP contribution in [0.2, 0.25) is 0 Å². The molecule has 0 atom stereocenters. The van der Waals surface area contributed by atoms with Gasteiger partial charge in [0, 0.05) is 12.6 Å². The van der Waals surface area contributed by atoms with Crippen LogP contribution in [0.3, 0.4) is 0 Å². The van der Waals surface area contributed by atoms with E-state index in [9.17, 15) is 0 Å². The molecule has 0 bridgehead atoms. The van der Waals surface area contributed by atoms with Crippen LogP contribution in [-0.2, 0) is 13.5 Å². The van der Waals surface area contributed by atoms with Crippen LogP contribution in [-0.4, -0.2) is 24.7 Å². The lowest BCUT2D eigenvalue weighted by Gasteiger charge is -2.08. The van der Waals surface area contributed by atoms with Crippen LogP contribution in [0.4, 0.5) is 5.82 Å². The lowest BCUT2D eigenvalue weighted by Crippen LogP contribution is -2.02. The molecule has 0 unspecified atom stereocenters. The topological polar surface area (TPSA) is 82.5 Å². The van der Waals surface area contributed by atoms with Crippen LogP contribution in [0, 0.1) is 0 Å². The second-order valence-electron chi connectivity index (χ2n) is 3.56. The van der Waals surface area contributed by atoms with E-state index in [-0.39, 0.29) is 0 Å². The van der Waals surface area contributed by atoms with E-state index in [0.29, 0.717) is 5.82 Å². The van der Waals surface area contributed by atoms with Gasteiger partial charge in [-0.3, -0.25) is 0 Å². The van der Waals surface area contributed by atoms with Crippen molar-refractivity contribution in [3.8, 4) is 0 Å². The van der Waals surface area contributed by atoms with Gasteiger partial charge in [0.05, 0.1) is 0 Å². The van der Waals surface area contributed by atoms with E-state index in [1.54, 1.807) is 4.68 Å². The third-order valence-corrected chi connectivity index (χ3v) is 3.39. The zero-order valence-corrected chi connectivity index (χ0v) is 10.6. The van der Waals surface area contributed by atoms with Gasteiger partial charge in [0.1, 0.15) is 23.5 Å². The van der Waals surface area contributed by atoms with Crippen molar-refractivity contribution in [2.75, 3.05) is 5.73 Å². The molecule has 2 aromatic rings. The molecule has 0 aliphatic rings. The van der Waals surface area contributed by atoms with Gasteiger partial charge in [0.25, 0.3) is 0 Å². The van der Waals surface area contributed by atoms with Gasteiger partial charge in [0.15, 0.2) is 5.16 Å². The molecule has 0 radical (unpaired) electrons. The lowest BCUT2D eigenvalue weighted by atomic mass is 10.2. The minimum Gasteiger partial charge on any atom is -0.383 e. The Hall–Kier alpha value is -1.63. The molecule has 0 aliphatic carbocycles. The molecule has 0 aromatic carbocycles. The van der Waals surface area contributed by atoms with Crippen LogP contribution < -0.4 is 5.73 Å². The Kier molecular flexibility index (Phi) is 3.58. The maximum atomic E-state index is 5.87. The summed E-state index contributed by atoms with van der Waals surface area (Å²) < 4.78 is 1.71. The van der Waals surface area contributed by atoms with Crippen molar-refractivity contribution in [1.82, 2.24) is 24.7 Å². The fourth-order valence-corrected chi connectivity index (χ4v) is 2.33. The number of anilines is 1. The number of rotatable bonds is 4. The molecule has 6 nitrogen and oxygen atoms in total. The van der Waals surface area contributed by atoms with Gasteiger partial charge in [-0.2, -0.15) is 5.10 Å². The number of nitrogens with two attached hydrogens (primary N) is 1. The second kappa shape index (κ2) is 5.13. The number of nitrogens with zero attached hydrogens (tertiary/aromatic N) is 5. The number of aryl methyl sites for hydroxylation is 1. The summed E-state index contributed by atoms with van der Waals surface area (Å²) in [5, 5.41) is 5.67. The first-order valence-corrected chi connectivity index (χ1v) is 6.15. The van der Waals surface area contributed by atoms with E-state index in [2.05, 4.69) is 27.0 Å². The molecule has 2 aromatic heterocycles. The predicted molar refractivity (Wildman–Crippen MR) is 65.6 cm³/mol. The van der Waals surface area contributed by atoms with Crippen LogP contribution in [0.5, 0.6) is 0 Å². The normalized spacial score (nSPS) is 10.7. The molecule has 0 spiro atoms. The van der Waals surface area contributed by atoms with Gasteiger partial charge in [-0.25, -0.2) is 19.6 Å². The van der Waals surface area contributed by atoms with Crippen LogP contribution in [0.15, 0.2) is 22.8 Å². The fraction of sp³-hybridized carbons (Fsp3) is 0.400. The highest BCUT2D eigenvalue weighted by Crippen LogP contribution is 2.29. The van der Waals surface area contributed by atoms with Crippen molar-refractivity contribution in [3.05, 3.63) is 18.2 Å². The van der Waals surface area contributed by atoms with Gasteiger partial charge in [-0.1, -0.05) is 13.3 Å². The Morgan fingerprint density at radius 2 is 2.12 bits per heavy atom. The Morgan fingerprint density at radius 1 is 1.29 bits per heavy atom. The van der Waals surface area contributed by atoms with Crippen molar-refractivity contribution >= 4 is 17.6 Å². The molecule has 2 heterocycles. The van der Waals surface area contributed by atoms with Gasteiger partial charge < -0.3 is 5.73 Å². The molecular formula is C10H14N6S. The quantitative estimate of drug-likeness (QED) is 0.823. The average molecular weight is 250 g/mol. The Morgan fingerprint density at radius 3 is 2.76 bits per heavy atom. The summed E-state index contributed by atoms with van der Waals surface area (Å²) in [6.45, 7) is 2.10. The monoisotopic (exact) mass is 250 g/mol. The standard InChI is InChI=1S/C10H14N6S/c1-3-4-7-8(11)12-5-13-9(7)17-10-14-6-15-16(10)2/h5-6H,3-4H2,1-2H3,(H2,11,12,13). The van der Waals surface area contributed by atoms with Crippen LogP contribution >= 0.6 is 11.8 Å². The summed E-state index contributed by atoms with van der Waals surface area (Å²) in [6, 6.07) is 0. The molecule has 90 valence electrons. The minimum absolute atomic E-state index is 0.548. The Bertz CT molecular complexity index is 509. The van der Waals surface area contributed by atoms with E-state index >= 15 is 0 Å². The Balaban J connectivity index is 2.32. The van der Waals surface area contributed by atoms with E-state index in [1.807, 2.05) is 7.05 Å². The van der Waals surface area contributed by atoms with Crippen LogP contribution in [0.1, 0.15) is 18.9 Å². The first-order chi connectivity index (χ1) is 8.22. The van der Waals surface area contributed by atoms with Crippen LogP contribution in [0.25, 0.3) is 0 Å². The number of nitrogen functional groups attached to an aromatic ring is 1. The summed E-state index contributed by atoms with van der Waals surface area (Å²) >= 11 is 1.46. The highest BCUT2D eigenvalue weighted by Gasteiger charge is 2.12. The lowest BCUT2D eigenvalue weighted by molar-refractivity contribution is 0.684. The molecular weight excluding hydrogens is 236 g/mol. The summed E-state index contributed by atoms with van der Waals surface area (Å²) in [6.07, 6.45) is 4.87.